The van der Waals surface area contributed by atoms with E-state index in [4.69, 9.17) is 17.2 Å². The average Bonchev–Trinajstić information content (AvgIpc) is 2.90. The average molecular weight is 542 g/mol. The predicted octanol–water partition coefficient (Wildman–Crippen LogP) is -1.27. The van der Waals surface area contributed by atoms with E-state index in [1.54, 1.807) is 42.5 Å². The SMILES string of the molecule is NC(N)=NCCCC(NC(=O)C(N)Cc1ccc(O)cc1)C(=O)NCC(=O)NC(Cc1ccccc1)C(=O)O. The number of phenols is 1. The van der Waals surface area contributed by atoms with Crippen molar-refractivity contribution < 1.29 is 29.4 Å². The number of aromatic hydroxyl groups is 1. The van der Waals surface area contributed by atoms with E-state index in [0.29, 0.717) is 12.0 Å². The molecule has 0 saturated heterocycles. The van der Waals surface area contributed by atoms with E-state index in [-0.39, 0.29) is 37.5 Å². The number of hydrogen-bond donors (Lipinski definition) is 8. The Morgan fingerprint density at radius 2 is 1.49 bits per heavy atom. The summed E-state index contributed by atoms with van der Waals surface area (Å²) in [5.41, 5.74) is 18.1. The largest absolute Gasteiger partial charge is 0.508 e. The molecule has 0 bridgehead atoms. The summed E-state index contributed by atoms with van der Waals surface area (Å²) in [6, 6.07) is 11.8. The number of hydrogen-bond acceptors (Lipinski definition) is 7. The van der Waals surface area contributed by atoms with Crippen LogP contribution in [0.2, 0.25) is 0 Å². The number of carboxylic acids is 1. The fourth-order valence-corrected chi connectivity index (χ4v) is 3.62. The van der Waals surface area contributed by atoms with Crippen molar-refractivity contribution in [1.82, 2.24) is 16.0 Å². The van der Waals surface area contributed by atoms with Gasteiger partial charge in [-0.25, -0.2) is 4.79 Å². The van der Waals surface area contributed by atoms with E-state index in [2.05, 4.69) is 20.9 Å². The van der Waals surface area contributed by atoms with E-state index in [9.17, 15) is 29.4 Å². The van der Waals surface area contributed by atoms with Crippen LogP contribution < -0.4 is 33.2 Å². The van der Waals surface area contributed by atoms with Gasteiger partial charge in [0.15, 0.2) is 5.96 Å². The second kappa shape index (κ2) is 15.6. The van der Waals surface area contributed by atoms with Crippen LogP contribution in [-0.2, 0) is 32.0 Å². The van der Waals surface area contributed by atoms with Crippen molar-refractivity contribution in [3.63, 3.8) is 0 Å². The van der Waals surface area contributed by atoms with Gasteiger partial charge in [-0.05, 0) is 42.5 Å². The zero-order valence-electron chi connectivity index (χ0n) is 21.4. The highest BCUT2D eigenvalue weighted by atomic mass is 16.4. The third-order valence-electron chi connectivity index (χ3n) is 5.65. The number of nitrogens with one attached hydrogen (secondary N) is 3. The summed E-state index contributed by atoms with van der Waals surface area (Å²) < 4.78 is 0. The normalized spacial score (nSPS) is 12.8. The summed E-state index contributed by atoms with van der Waals surface area (Å²) in [6.07, 6.45) is 0.717. The van der Waals surface area contributed by atoms with Crippen LogP contribution in [0.1, 0.15) is 24.0 Å². The molecule has 0 heterocycles. The van der Waals surface area contributed by atoms with Crippen molar-refractivity contribution in [2.45, 2.75) is 43.8 Å². The molecule has 13 nitrogen and oxygen atoms in total. The Bertz CT molecular complexity index is 1140. The van der Waals surface area contributed by atoms with Crippen LogP contribution >= 0.6 is 0 Å². The lowest BCUT2D eigenvalue weighted by atomic mass is 10.0. The number of nitrogens with two attached hydrogens (primary N) is 3. The molecular weight excluding hydrogens is 506 g/mol. The molecule has 0 fully saturated rings. The summed E-state index contributed by atoms with van der Waals surface area (Å²) >= 11 is 0. The highest BCUT2D eigenvalue weighted by Gasteiger charge is 2.25. The minimum Gasteiger partial charge on any atom is -0.508 e. The van der Waals surface area contributed by atoms with Gasteiger partial charge in [0, 0.05) is 13.0 Å². The van der Waals surface area contributed by atoms with Gasteiger partial charge in [0.25, 0.3) is 0 Å². The van der Waals surface area contributed by atoms with Gasteiger partial charge in [0.1, 0.15) is 17.8 Å². The maximum absolute atomic E-state index is 12.9. The molecule has 3 unspecified atom stereocenters. The summed E-state index contributed by atoms with van der Waals surface area (Å²) in [5, 5.41) is 26.3. The first-order valence-corrected chi connectivity index (χ1v) is 12.3. The number of carboxylic acid groups (broad SMARTS) is 1. The van der Waals surface area contributed by atoms with Gasteiger partial charge in [0.2, 0.25) is 17.7 Å². The van der Waals surface area contributed by atoms with Gasteiger partial charge in [-0.2, -0.15) is 0 Å². The fraction of sp³-hybridized carbons (Fsp3) is 0.346. The Morgan fingerprint density at radius 1 is 0.846 bits per heavy atom. The smallest absolute Gasteiger partial charge is 0.326 e. The summed E-state index contributed by atoms with van der Waals surface area (Å²) in [5.74, 6) is -3.21. The molecule has 0 spiro atoms. The van der Waals surface area contributed by atoms with Crippen molar-refractivity contribution >= 4 is 29.7 Å². The molecule has 0 radical (unpaired) electrons. The maximum atomic E-state index is 12.9. The number of aliphatic carboxylic acids is 1. The molecular formula is C26H35N7O6. The van der Waals surface area contributed by atoms with E-state index in [0.717, 1.165) is 5.56 Å². The number of carbonyl (C=O) groups excluding carboxylic acids is 3. The Hall–Kier alpha value is -4.65. The molecule has 210 valence electrons. The van der Waals surface area contributed by atoms with Crippen LogP contribution in [0.25, 0.3) is 0 Å². The Labute approximate surface area is 225 Å². The highest BCUT2D eigenvalue weighted by Crippen LogP contribution is 2.11. The number of benzene rings is 2. The zero-order chi connectivity index (χ0) is 28.8. The Kier molecular flexibility index (Phi) is 12.2. The molecule has 11 N–H and O–H groups in total. The third kappa shape index (κ3) is 11.5. The number of guanidine groups is 1. The quantitative estimate of drug-likeness (QED) is 0.0761. The molecule has 0 aliphatic rings. The molecule has 3 amide bonds. The first-order valence-electron chi connectivity index (χ1n) is 12.3. The van der Waals surface area contributed by atoms with Crippen molar-refractivity contribution in [2.24, 2.45) is 22.2 Å². The standard InChI is InChI=1S/C26H35N7O6/c27-19(13-17-8-10-18(34)11-9-17)23(36)33-20(7-4-12-30-26(28)29)24(37)31-15-22(35)32-21(25(38)39)14-16-5-2-1-3-6-16/h1-3,5-6,8-11,19-21,34H,4,7,12-15,27H2,(H,31,37)(H,32,35)(H,33,36)(H,38,39)(H4,28,29,30). The first kappa shape index (κ1) is 30.6. The molecule has 0 aromatic heterocycles. The molecule has 0 aliphatic heterocycles. The number of carbonyl (C=O) groups is 4. The van der Waals surface area contributed by atoms with Gasteiger partial charge in [-0.1, -0.05) is 42.5 Å². The topological polar surface area (TPSA) is 235 Å². The molecule has 3 atom stereocenters. The van der Waals surface area contributed by atoms with Crippen LogP contribution in [0.15, 0.2) is 59.6 Å². The maximum Gasteiger partial charge on any atom is 0.326 e. The van der Waals surface area contributed by atoms with Gasteiger partial charge in [0.05, 0.1) is 12.6 Å². The fourth-order valence-electron chi connectivity index (χ4n) is 3.62. The van der Waals surface area contributed by atoms with E-state index in [1.165, 1.54) is 12.1 Å². The molecule has 13 heteroatoms. The lowest BCUT2D eigenvalue weighted by Crippen LogP contribution is -2.54. The third-order valence-corrected chi connectivity index (χ3v) is 5.65. The second-order valence-electron chi connectivity index (χ2n) is 8.85. The van der Waals surface area contributed by atoms with Gasteiger partial charge in [-0.15, -0.1) is 0 Å². The molecule has 39 heavy (non-hydrogen) atoms. The van der Waals surface area contributed by atoms with Gasteiger partial charge >= 0.3 is 5.97 Å². The minimum atomic E-state index is -1.22. The van der Waals surface area contributed by atoms with Crippen molar-refractivity contribution in [3.05, 3.63) is 65.7 Å². The van der Waals surface area contributed by atoms with Crippen LogP contribution in [0.5, 0.6) is 5.75 Å². The van der Waals surface area contributed by atoms with Crippen molar-refractivity contribution in [2.75, 3.05) is 13.1 Å². The van der Waals surface area contributed by atoms with Crippen molar-refractivity contribution in [1.29, 1.82) is 0 Å². The molecule has 0 aliphatic carbocycles. The first-order chi connectivity index (χ1) is 18.5. The van der Waals surface area contributed by atoms with E-state index in [1.807, 2.05) is 0 Å². The van der Waals surface area contributed by atoms with Gasteiger partial charge < -0.3 is 43.4 Å². The Balaban J connectivity index is 1.97. The number of phenolic OH excluding ortho intramolecular Hbond substituents is 1. The zero-order valence-corrected chi connectivity index (χ0v) is 21.4. The molecule has 2 aromatic carbocycles. The lowest BCUT2D eigenvalue weighted by Gasteiger charge is -2.21. The molecule has 0 saturated carbocycles. The van der Waals surface area contributed by atoms with E-state index < -0.39 is 48.4 Å². The number of amides is 3. The summed E-state index contributed by atoms with van der Waals surface area (Å²) in [7, 11) is 0. The van der Waals surface area contributed by atoms with Gasteiger partial charge in [-0.3, -0.25) is 19.4 Å². The monoisotopic (exact) mass is 541 g/mol. The molecule has 2 rings (SSSR count). The van der Waals surface area contributed by atoms with Crippen LogP contribution in [0.3, 0.4) is 0 Å². The minimum absolute atomic E-state index is 0.0677. The lowest BCUT2D eigenvalue weighted by molar-refractivity contribution is -0.141. The van der Waals surface area contributed by atoms with Crippen molar-refractivity contribution in [3.8, 4) is 5.75 Å². The van der Waals surface area contributed by atoms with E-state index >= 15 is 0 Å². The number of nitrogens with zero attached hydrogens (tertiary/aromatic N) is 1. The summed E-state index contributed by atoms with van der Waals surface area (Å²) in [4.78, 5) is 53.5. The van der Waals surface area contributed by atoms with Crippen LogP contribution in [0, 0.1) is 0 Å². The molecule has 2 aromatic rings. The van der Waals surface area contributed by atoms with Crippen LogP contribution in [-0.4, -0.2) is 71.1 Å². The number of rotatable bonds is 15. The predicted molar refractivity (Wildman–Crippen MR) is 144 cm³/mol. The van der Waals surface area contributed by atoms with Crippen LogP contribution in [0.4, 0.5) is 0 Å². The summed E-state index contributed by atoms with van der Waals surface area (Å²) in [6.45, 7) is -0.293. The second-order valence-corrected chi connectivity index (χ2v) is 8.85. The highest BCUT2D eigenvalue weighted by molar-refractivity contribution is 5.92. The number of aliphatic imine (C=N–C) groups is 1. The Morgan fingerprint density at radius 3 is 2.10 bits per heavy atom.